The molecule has 0 saturated carbocycles. The molecule has 2 amide bonds. The first-order chi connectivity index (χ1) is 42.0. The van der Waals surface area contributed by atoms with Gasteiger partial charge in [0.2, 0.25) is 17.6 Å². The van der Waals surface area contributed by atoms with E-state index in [-0.39, 0.29) is 72.1 Å². The van der Waals surface area contributed by atoms with Crippen molar-refractivity contribution in [2.24, 2.45) is 38.6 Å². The molecular weight excluding hydrogens is 1190 g/mol. The predicted octanol–water partition coefficient (Wildman–Crippen LogP) is -4.56. The fourth-order valence-electron chi connectivity index (χ4n) is 12.1. The van der Waals surface area contributed by atoms with E-state index in [9.17, 15) is 94.5 Å². The number of rotatable bonds is 22. The molecule has 496 valence electrons. The van der Waals surface area contributed by atoms with Crippen molar-refractivity contribution in [3.8, 4) is 17.2 Å². The number of carboxylic acid groups (broad SMARTS) is 3. The smallest absolute Gasteiger partial charge is 0.240 e. The maximum Gasteiger partial charge on any atom is 0.240 e. The van der Waals surface area contributed by atoms with Crippen molar-refractivity contribution in [1.82, 2.24) is 10.9 Å². The van der Waals surface area contributed by atoms with Gasteiger partial charge >= 0.3 is 0 Å². The number of hydrogen-bond acceptors (Lipinski definition) is 29. The molecule has 0 radical (unpaired) electrons. The van der Waals surface area contributed by atoms with E-state index in [1.807, 2.05) is 0 Å². The van der Waals surface area contributed by atoms with Crippen LogP contribution in [-0.4, -0.2) is 205 Å². The van der Waals surface area contributed by atoms with E-state index in [1.54, 1.807) is 6.92 Å². The number of aromatic hydroxyl groups is 2. The number of nitrogens with zero attached hydrogens (tertiary/aromatic N) is 2. The SMILES string of the molecule is COc1cccc2c1C(=O)c1c(O)c3c(c(O)c1C2=O)C[C@@](O)(/C(C)=N\NC(=O)CCCCC(=O)N/N=C/C(OC(C(=O)[O-])C(C=O)O[C@@H]1OC(C(=O)[O-])[C@@H](C(C)(C)C)[C@H](O)C1O)[C@@H]1C(C(=O)[O-])O[C@@H](C(C)(C)C)C(O)[C@H]1O)C[C@@H]3OC1CC(N)C(O)C(C)O1. The van der Waals surface area contributed by atoms with Crippen LogP contribution in [0.5, 0.6) is 17.2 Å². The number of aliphatic carboxylic acids is 3. The second-order valence-electron chi connectivity index (χ2n) is 25.2. The number of hydrogen-bond donors (Lipinski definition) is 11. The van der Waals surface area contributed by atoms with Crippen molar-refractivity contribution in [2.45, 2.75) is 204 Å². The maximum atomic E-state index is 14.1. The van der Waals surface area contributed by atoms with Crippen LogP contribution < -0.4 is 36.6 Å². The van der Waals surface area contributed by atoms with Crippen molar-refractivity contribution < 1.29 is 128 Å². The van der Waals surface area contributed by atoms with E-state index in [1.165, 1.54) is 73.8 Å². The third kappa shape index (κ3) is 14.5. The molecule has 90 heavy (non-hydrogen) atoms. The molecule has 12 N–H and O–H groups in total. The van der Waals surface area contributed by atoms with Crippen molar-refractivity contribution in [3.05, 3.63) is 51.6 Å². The highest BCUT2D eigenvalue weighted by atomic mass is 16.7. The lowest BCUT2D eigenvalue weighted by molar-refractivity contribution is -0.358. The van der Waals surface area contributed by atoms with Crippen molar-refractivity contribution >= 4 is 59.5 Å². The number of aliphatic hydroxyl groups excluding tert-OH is 5. The molecule has 31 heteroatoms. The number of fused-ring (bicyclic) bond motifs is 3. The van der Waals surface area contributed by atoms with E-state index in [0.717, 1.165) is 0 Å². The summed E-state index contributed by atoms with van der Waals surface area (Å²) in [6.07, 6.45) is -29.3. The normalized spacial score (nSPS) is 31.5. The van der Waals surface area contributed by atoms with Gasteiger partial charge in [0.05, 0.1) is 96.2 Å². The third-order valence-electron chi connectivity index (χ3n) is 16.9. The highest BCUT2D eigenvalue weighted by Gasteiger charge is 2.55. The molecule has 2 aliphatic carbocycles. The number of nitrogens with two attached hydrogens (primary N) is 1. The van der Waals surface area contributed by atoms with Gasteiger partial charge in [0, 0.05) is 60.8 Å². The second-order valence-corrected chi connectivity index (χ2v) is 25.2. The average Bonchev–Trinajstić information content (AvgIpc) is 0.733. The molecule has 5 aliphatic rings. The summed E-state index contributed by atoms with van der Waals surface area (Å²) >= 11 is 0. The summed E-state index contributed by atoms with van der Waals surface area (Å²) in [7, 11) is 1.28. The molecule has 2 aromatic rings. The number of carbonyl (C=O) groups excluding carboxylic acids is 8. The predicted molar refractivity (Wildman–Crippen MR) is 298 cm³/mol. The molecule has 7 rings (SSSR count). The highest BCUT2D eigenvalue weighted by Crippen LogP contribution is 2.53. The van der Waals surface area contributed by atoms with Gasteiger partial charge in [-0.2, -0.15) is 10.2 Å². The fourth-order valence-corrected chi connectivity index (χ4v) is 12.1. The number of ketones is 2. The molecule has 0 aromatic heterocycles. The van der Waals surface area contributed by atoms with Crippen LogP contribution in [0, 0.1) is 22.7 Å². The zero-order chi connectivity index (χ0) is 67.0. The van der Waals surface area contributed by atoms with Gasteiger partial charge in [-0.15, -0.1) is 0 Å². The Morgan fingerprint density at radius 3 is 2.01 bits per heavy atom. The summed E-state index contributed by atoms with van der Waals surface area (Å²) in [5.41, 5.74) is 4.47. The van der Waals surface area contributed by atoms with Crippen LogP contribution in [0.4, 0.5) is 0 Å². The van der Waals surface area contributed by atoms with Gasteiger partial charge in [-0.3, -0.25) is 19.2 Å². The monoisotopic (exact) mass is 1270 g/mol. The van der Waals surface area contributed by atoms with Crippen molar-refractivity contribution in [3.63, 3.8) is 0 Å². The molecular formula is C59H76N5O26-3. The third-order valence-corrected chi connectivity index (χ3v) is 16.9. The van der Waals surface area contributed by atoms with Crippen LogP contribution in [0.3, 0.4) is 0 Å². The Morgan fingerprint density at radius 1 is 0.822 bits per heavy atom. The minimum atomic E-state index is -2.69. The summed E-state index contributed by atoms with van der Waals surface area (Å²) in [6, 6.07) is 3.40. The zero-order valence-electron chi connectivity index (χ0n) is 50.6. The van der Waals surface area contributed by atoms with Crippen LogP contribution in [-0.2, 0) is 63.6 Å². The number of aldehydes is 1. The number of phenolic OH excluding ortho intramolecular Hbond substituents is 2. The van der Waals surface area contributed by atoms with E-state index in [0.29, 0.717) is 6.21 Å². The number of carboxylic acids is 3. The number of unbranched alkanes of at least 4 members (excludes halogenated alkanes) is 1. The average molecular weight is 1270 g/mol. The quantitative estimate of drug-likeness (QED) is 0.0148. The van der Waals surface area contributed by atoms with Gasteiger partial charge in [0.1, 0.15) is 65.6 Å². The van der Waals surface area contributed by atoms with Crippen LogP contribution >= 0.6 is 0 Å². The molecule has 11 unspecified atom stereocenters. The number of amides is 2. The standard InChI is InChI=1S/C59H79N5O26/c1-22-40(68)26(60)17-33(85-22)86-28-19-59(83,18-25-35(28)44(72)38-37(42(25)70)41(69)24-13-12-14-27(84-9)34(24)43(38)71)23(2)62-64-32(67)16-11-10-15-31(66)63-61-20-29(36-45(73)47(75)52(58(6,7)8)89-50(36)54(79)80)87-49(53(77)78)30(21-65)88-56-48(76)46(74)39(57(3,4)5)51(90-56)55(81)82/h12-14,20-22,26,28-30,33,36,39-40,45-52,56,68,70,72-76,83H,10-11,15-19,60H2,1-9H3,(H,63,66)(H,64,67)(H,77,78)(H,79,80)(H,81,82)/p-3/b61-20+,62-23-/t22?,26?,28-,29?,30?,33?,36-,39-,40?,45-,46-,47?,48?,49?,50?,51?,52+,56+,59-/m0/s1. The molecule has 31 nitrogen and oxygen atoms in total. The summed E-state index contributed by atoms with van der Waals surface area (Å²) in [4.78, 5) is 105. The van der Waals surface area contributed by atoms with Crippen LogP contribution in [0.2, 0.25) is 0 Å². The lowest BCUT2D eigenvalue weighted by Crippen LogP contribution is -2.66. The van der Waals surface area contributed by atoms with Crippen LogP contribution in [0.25, 0.3) is 0 Å². The van der Waals surface area contributed by atoms with Crippen molar-refractivity contribution in [1.29, 1.82) is 0 Å². The van der Waals surface area contributed by atoms with E-state index < -0.39 is 203 Å². The largest absolute Gasteiger partial charge is 0.547 e. The molecule has 0 bridgehead atoms. The number of carbonyl (C=O) groups is 8. The molecule has 2 aromatic carbocycles. The Hall–Kier alpha value is -6.98. The lowest BCUT2D eigenvalue weighted by atomic mass is 9.71. The van der Waals surface area contributed by atoms with Crippen LogP contribution in [0.15, 0.2) is 28.4 Å². The topological polar surface area (TPSA) is 507 Å². The number of benzene rings is 2. The first-order valence-electron chi connectivity index (χ1n) is 28.9. The first-order valence-corrected chi connectivity index (χ1v) is 28.9. The Morgan fingerprint density at radius 2 is 1.44 bits per heavy atom. The van der Waals surface area contributed by atoms with Gasteiger partial charge in [-0.05, 0) is 43.6 Å². The molecule has 0 spiro atoms. The van der Waals surface area contributed by atoms with Gasteiger partial charge in [-0.1, -0.05) is 53.7 Å². The molecule has 3 saturated heterocycles. The number of aliphatic hydroxyl groups is 6. The molecule has 3 heterocycles. The van der Waals surface area contributed by atoms with Gasteiger partial charge in [-0.25, -0.2) is 10.9 Å². The van der Waals surface area contributed by atoms with E-state index in [2.05, 4.69) is 21.1 Å². The van der Waals surface area contributed by atoms with Gasteiger partial charge in [0.15, 0.2) is 24.6 Å². The summed E-state index contributed by atoms with van der Waals surface area (Å²) in [5.74, 6) is -14.3. The van der Waals surface area contributed by atoms with Gasteiger partial charge in [0.25, 0.3) is 0 Å². The molecule has 3 fully saturated rings. The lowest BCUT2D eigenvalue weighted by Gasteiger charge is -2.50. The molecule has 19 atom stereocenters. The number of hydrazone groups is 2. The highest BCUT2D eigenvalue weighted by molar-refractivity contribution is 6.31. The molecule has 3 aliphatic heterocycles. The number of phenols is 2. The van der Waals surface area contributed by atoms with Crippen molar-refractivity contribution in [2.75, 3.05) is 7.11 Å². The summed E-state index contributed by atoms with van der Waals surface area (Å²) in [5, 5.41) is 137. The van der Waals surface area contributed by atoms with E-state index >= 15 is 0 Å². The summed E-state index contributed by atoms with van der Waals surface area (Å²) in [6.45, 7) is 12.0. The minimum absolute atomic E-state index is 0.00337. The Kier molecular flexibility index (Phi) is 21.8. The first kappa shape index (κ1) is 70.5. The Bertz CT molecular complexity index is 3130. The Labute approximate surface area is 515 Å². The minimum Gasteiger partial charge on any atom is -0.547 e. The fraction of sp³-hybridized carbons (Fsp3) is 0.627. The number of nitrogens with one attached hydrogen (secondary N) is 2. The zero-order valence-corrected chi connectivity index (χ0v) is 50.6. The van der Waals surface area contributed by atoms with E-state index in [4.69, 9.17) is 38.9 Å². The van der Waals surface area contributed by atoms with Gasteiger partial charge < -0.3 is 114 Å². The summed E-state index contributed by atoms with van der Waals surface area (Å²) < 4.78 is 39.7. The Balaban J connectivity index is 1.05. The second kappa shape index (κ2) is 27.9. The van der Waals surface area contributed by atoms with Crippen LogP contribution in [0.1, 0.15) is 143 Å². The maximum absolute atomic E-state index is 14.1. The number of ether oxygens (including phenoxy) is 7. The number of methoxy groups -OCH3 is 1.